The van der Waals surface area contributed by atoms with Crippen LogP contribution in [0.15, 0.2) is 16.5 Å². The fraction of sp³-hybridized carbons (Fsp3) is 0.467. The second kappa shape index (κ2) is 4.78. The summed E-state index contributed by atoms with van der Waals surface area (Å²) < 4.78 is 16.6. The molecule has 0 atom stereocenters. The van der Waals surface area contributed by atoms with E-state index >= 15 is 0 Å². The number of methoxy groups -OCH3 is 2. The molecule has 1 saturated carbocycles. The number of rotatable bonds is 5. The summed E-state index contributed by atoms with van der Waals surface area (Å²) in [6, 6.07) is 4.47. The fourth-order valence-electron chi connectivity index (χ4n) is 2.34. The van der Waals surface area contributed by atoms with Crippen LogP contribution in [0.5, 0.6) is 11.5 Å². The highest BCUT2D eigenvalue weighted by molar-refractivity contribution is 5.89. The van der Waals surface area contributed by atoms with Gasteiger partial charge < -0.3 is 19.2 Å². The molecule has 1 aromatic carbocycles. The average molecular weight is 261 g/mol. The third-order valence-corrected chi connectivity index (χ3v) is 3.65. The van der Waals surface area contributed by atoms with Crippen LogP contribution in [0.4, 0.5) is 0 Å². The summed E-state index contributed by atoms with van der Waals surface area (Å²) in [5.41, 5.74) is 1.96. The maximum absolute atomic E-state index is 5.94. The average Bonchev–Trinajstić information content (AvgIpc) is 3.20. The van der Waals surface area contributed by atoms with Gasteiger partial charge in [-0.25, -0.2) is 0 Å². The molecular weight excluding hydrogens is 242 g/mol. The molecule has 102 valence electrons. The van der Waals surface area contributed by atoms with Gasteiger partial charge in [-0.1, -0.05) is 0 Å². The largest absolute Gasteiger partial charge is 0.496 e. The lowest BCUT2D eigenvalue weighted by Crippen LogP contribution is -2.15. The van der Waals surface area contributed by atoms with Crippen LogP contribution in [0.2, 0.25) is 0 Å². The zero-order valence-electron chi connectivity index (χ0n) is 11.6. The maximum Gasteiger partial charge on any atom is 0.142 e. The summed E-state index contributed by atoms with van der Waals surface area (Å²) >= 11 is 0. The summed E-state index contributed by atoms with van der Waals surface area (Å²) in [6.07, 6.45) is 2.55. The zero-order chi connectivity index (χ0) is 13.4. The van der Waals surface area contributed by atoms with E-state index in [1.54, 1.807) is 14.2 Å². The zero-order valence-corrected chi connectivity index (χ0v) is 11.6. The van der Waals surface area contributed by atoms with E-state index in [9.17, 15) is 0 Å². The lowest BCUT2D eigenvalue weighted by Gasteiger charge is -2.05. The molecule has 4 heteroatoms. The maximum atomic E-state index is 5.94. The van der Waals surface area contributed by atoms with Crippen LogP contribution in [-0.2, 0) is 6.54 Å². The van der Waals surface area contributed by atoms with Crippen molar-refractivity contribution in [3.8, 4) is 11.5 Å². The molecule has 3 rings (SSSR count). The number of hydrogen-bond acceptors (Lipinski definition) is 4. The van der Waals surface area contributed by atoms with Crippen molar-refractivity contribution in [3.05, 3.63) is 23.5 Å². The summed E-state index contributed by atoms with van der Waals surface area (Å²) in [4.78, 5) is 0. The Morgan fingerprint density at radius 3 is 2.68 bits per heavy atom. The van der Waals surface area contributed by atoms with Gasteiger partial charge in [-0.3, -0.25) is 0 Å². The minimum Gasteiger partial charge on any atom is -0.496 e. The Labute approximate surface area is 112 Å². The minimum absolute atomic E-state index is 0.670. The highest BCUT2D eigenvalue weighted by atomic mass is 16.5. The number of furan rings is 1. The van der Waals surface area contributed by atoms with Gasteiger partial charge in [0, 0.05) is 23.7 Å². The third kappa shape index (κ3) is 2.28. The molecule has 0 unspecified atom stereocenters. The van der Waals surface area contributed by atoms with Crippen LogP contribution in [-0.4, -0.2) is 20.3 Å². The number of nitrogens with one attached hydrogen (secondary N) is 1. The van der Waals surface area contributed by atoms with Crippen LogP contribution < -0.4 is 14.8 Å². The van der Waals surface area contributed by atoms with Gasteiger partial charge >= 0.3 is 0 Å². The van der Waals surface area contributed by atoms with E-state index in [4.69, 9.17) is 13.9 Å². The molecule has 1 aliphatic rings. The number of ether oxygens (including phenoxy) is 2. The predicted molar refractivity (Wildman–Crippen MR) is 73.9 cm³/mol. The molecule has 2 aromatic rings. The van der Waals surface area contributed by atoms with Crippen LogP contribution >= 0.6 is 0 Å². The Morgan fingerprint density at radius 1 is 1.26 bits per heavy atom. The summed E-state index contributed by atoms with van der Waals surface area (Å²) in [7, 11) is 3.31. The van der Waals surface area contributed by atoms with Crippen LogP contribution in [0.3, 0.4) is 0 Å². The molecular formula is C15H19NO3. The molecule has 1 heterocycles. The molecule has 0 spiro atoms. The Kier molecular flexibility index (Phi) is 3.11. The van der Waals surface area contributed by atoms with Crippen LogP contribution in [0.25, 0.3) is 11.0 Å². The summed E-state index contributed by atoms with van der Waals surface area (Å²) in [5, 5.41) is 4.51. The molecule has 0 radical (unpaired) electrons. The first kappa shape index (κ1) is 12.4. The fourth-order valence-corrected chi connectivity index (χ4v) is 2.34. The lowest BCUT2D eigenvalue weighted by atomic mass is 10.1. The molecule has 1 fully saturated rings. The topological polar surface area (TPSA) is 43.6 Å². The van der Waals surface area contributed by atoms with Crippen molar-refractivity contribution in [3.63, 3.8) is 0 Å². The molecule has 0 aliphatic heterocycles. The smallest absolute Gasteiger partial charge is 0.142 e. The molecule has 4 nitrogen and oxygen atoms in total. The molecule has 0 saturated heterocycles. The Hall–Kier alpha value is -1.68. The van der Waals surface area contributed by atoms with Crippen LogP contribution in [0, 0.1) is 6.92 Å². The standard InChI is InChI=1S/C15H19NO3/c1-9-14(8-16-10-4-5-10)19-13-7-11(17-2)6-12(18-3)15(9)13/h6-7,10,16H,4-5,8H2,1-3H3. The number of aryl methyl sites for hydroxylation is 1. The first-order valence-corrected chi connectivity index (χ1v) is 6.60. The van der Waals surface area contributed by atoms with E-state index < -0.39 is 0 Å². The normalized spacial score (nSPS) is 14.9. The van der Waals surface area contributed by atoms with Crippen molar-refractivity contribution in [1.29, 1.82) is 0 Å². The van der Waals surface area contributed by atoms with Crippen molar-refractivity contribution in [1.82, 2.24) is 5.32 Å². The monoisotopic (exact) mass is 261 g/mol. The van der Waals surface area contributed by atoms with E-state index in [1.807, 2.05) is 12.1 Å². The van der Waals surface area contributed by atoms with Crippen LogP contribution in [0.1, 0.15) is 24.2 Å². The van der Waals surface area contributed by atoms with Crippen molar-refractivity contribution in [2.45, 2.75) is 32.4 Å². The van der Waals surface area contributed by atoms with E-state index in [2.05, 4.69) is 12.2 Å². The number of fused-ring (bicyclic) bond motifs is 1. The second-order valence-corrected chi connectivity index (χ2v) is 5.01. The molecule has 0 amide bonds. The lowest BCUT2D eigenvalue weighted by molar-refractivity contribution is 0.397. The Morgan fingerprint density at radius 2 is 2.05 bits per heavy atom. The van der Waals surface area contributed by atoms with Gasteiger partial charge in [0.1, 0.15) is 22.8 Å². The highest BCUT2D eigenvalue weighted by Gasteiger charge is 2.22. The van der Waals surface area contributed by atoms with Crippen molar-refractivity contribution < 1.29 is 13.9 Å². The quantitative estimate of drug-likeness (QED) is 0.898. The Bertz CT molecular complexity index is 599. The van der Waals surface area contributed by atoms with Crippen molar-refractivity contribution >= 4 is 11.0 Å². The van der Waals surface area contributed by atoms with E-state index in [-0.39, 0.29) is 0 Å². The first-order valence-electron chi connectivity index (χ1n) is 6.60. The number of benzene rings is 1. The van der Waals surface area contributed by atoms with Crippen molar-refractivity contribution in [2.24, 2.45) is 0 Å². The van der Waals surface area contributed by atoms with E-state index in [0.29, 0.717) is 6.04 Å². The SMILES string of the molecule is COc1cc(OC)c2c(C)c(CNC3CC3)oc2c1. The number of hydrogen-bond donors (Lipinski definition) is 1. The van der Waals surface area contributed by atoms with Gasteiger partial charge in [0.25, 0.3) is 0 Å². The molecule has 1 N–H and O–H groups in total. The van der Waals surface area contributed by atoms with E-state index in [1.165, 1.54) is 12.8 Å². The van der Waals surface area contributed by atoms with Gasteiger partial charge in [-0.05, 0) is 19.8 Å². The second-order valence-electron chi connectivity index (χ2n) is 5.01. The molecule has 19 heavy (non-hydrogen) atoms. The van der Waals surface area contributed by atoms with Gasteiger partial charge in [0.05, 0.1) is 26.2 Å². The van der Waals surface area contributed by atoms with E-state index in [0.717, 1.165) is 40.3 Å². The third-order valence-electron chi connectivity index (χ3n) is 3.65. The molecule has 1 aromatic heterocycles. The summed E-state index contributed by atoms with van der Waals surface area (Å²) in [6.45, 7) is 2.85. The molecule has 0 bridgehead atoms. The highest BCUT2D eigenvalue weighted by Crippen LogP contribution is 2.37. The van der Waals surface area contributed by atoms with Gasteiger partial charge in [0.15, 0.2) is 0 Å². The molecule has 1 aliphatic carbocycles. The van der Waals surface area contributed by atoms with Crippen molar-refractivity contribution in [2.75, 3.05) is 14.2 Å². The summed E-state index contributed by atoms with van der Waals surface area (Å²) in [5.74, 6) is 2.53. The Balaban J connectivity index is 2.02. The minimum atomic E-state index is 0.670. The van der Waals surface area contributed by atoms with Gasteiger partial charge in [0.2, 0.25) is 0 Å². The van der Waals surface area contributed by atoms with Gasteiger partial charge in [-0.15, -0.1) is 0 Å². The van der Waals surface area contributed by atoms with Gasteiger partial charge in [-0.2, -0.15) is 0 Å². The predicted octanol–water partition coefficient (Wildman–Crippen LogP) is 3.01. The first-order chi connectivity index (χ1) is 9.22.